The lowest BCUT2D eigenvalue weighted by Gasteiger charge is -2.10. The Kier molecular flexibility index (Phi) is 14.9. The number of esters is 3. The van der Waals surface area contributed by atoms with Gasteiger partial charge in [-0.05, 0) is 13.3 Å². The van der Waals surface area contributed by atoms with E-state index in [-0.39, 0.29) is 46.2 Å². The van der Waals surface area contributed by atoms with E-state index < -0.39 is 66.9 Å². The van der Waals surface area contributed by atoms with Crippen molar-refractivity contribution in [1.29, 1.82) is 0 Å². The maximum absolute atomic E-state index is 11.1. The maximum Gasteiger partial charge on any atom is 0.509 e. The SMILES string of the molecule is CC(O)COC(=O)C1COC(=O)O1.CCC(O)COC(=O)C1COC(=O)O1.O=C1OCC(C(=O)OCCO)O1. The summed E-state index contributed by atoms with van der Waals surface area (Å²) in [5.74, 6) is -2.09. The smallest absolute Gasteiger partial charge is 0.460 e. The lowest BCUT2D eigenvalue weighted by molar-refractivity contribution is -0.155. The van der Waals surface area contributed by atoms with Gasteiger partial charge in [0, 0.05) is 0 Å². The third kappa shape index (κ3) is 13.5. The quantitative estimate of drug-likeness (QED) is 0.196. The van der Waals surface area contributed by atoms with Gasteiger partial charge in [-0.2, -0.15) is 0 Å². The number of hydrogen-bond donors (Lipinski definition) is 3. The second-order valence-electron chi connectivity index (χ2n) is 7.56. The molecule has 0 aromatic heterocycles. The zero-order valence-electron chi connectivity index (χ0n) is 21.0. The number of rotatable bonds is 10. The number of carbonyl (C=O) groups is 6. The average Bonchev–Trinajstić information content (AvgIpc) is 3.66. The summed E-state index contributed by atoms with van der Waals surface area (Å²) in [6.45, 7) is 2.29. The summed E-state index contributed by atoms with van der Waals surface area (Å²) in [5, 5.41) is 26.2. The topological polar surface area (TPSA) is 246 Å². The highest BCUT2D eigenvalue weighted by Gasteiger charge is 2.34. The van der Waals surface area contributed by atoms with Gasteiger partial charge >= 0.3 is 36.4 Å². The van der Waals surface area contributed by atoms with E-state index in [1.165, 1.54) is 6.92 Å². The predicted molar refractivity (Wildman–Crippen MR) is 117 cm³/mol. The van der Waals surface area contributed by atoms with Gasteiger partial charge in [-0.3, -0.25) is 0 Å². The number of cyclic esters (lactones) is 6. The van der Waals surface area contributed by atoms with Crippen LogP contribution in [-0.4, -0.2) is 128 Å². The highest BCUT2D eigenvalue weighted by atomic mass is 16.8. The van der Waals surface area contributed by atoms with Crippen molar-refractivity contribution >= 4 is 36.4 Å². The fraction of sp³-hybridized carbons (Fsp3) is 0.714. The predicted octanol–water partition coefficient (Wildman–Crippen LogP) is -1.66. The van der Waals surface area contributed by atoms with E-state index in [0.717, 1.165) is 0 Å². The Hall–Kier alpha value is -3.90. The Balaban J connectivity index is 0.000000293. The van der Waals surface area contributed by atoms with Crippen molar-refractivity contribution in [3.8, 4) is 0 Å². The second kappa shape index (κ2) is 17.6. The van der Waals surface area contributed by atoms with Gasteiger partial charge in [0.1, 0.15) is 39.6 Å². The standard InChI is InChI=1S/C8H12O6.C7H10O6.C6H8O6/c1-2-5(9)3-12-7(10)6-4-13-8(11)14-6;1-4(8)2-11-6(9)5-3-12-7(10)13-5;7-1-2-10-5(8)4-3-11-6(9)12-4/h5-6,9H,2-4H2,1H3;4-5,8H,2-3H2,1H3;4,7H,1-3H2. The molecule has 0 bridgehead atoms. The highest BCUT2D eigenvalue weighted by Crippen LogP contribution is 2.09. The normalized spacial score (nSPS) is 22.4. The van der Waals surface area contributed by atoms with E-state index in [1.54, 1.807) is 6.92 Å². The Morgan fingerprint density at radius 1 is 0.769 bits per heavy atom. The Labute approximate surface area is 220 Å². The molecule has 0 amide bonds. The number of carbonyl (C=O) groups excluding carboxylic acids is 6. The maximum atomic E-state index is 11.1. The molecule has 0 aromatic carbocycles. The molecular weight excluding hydrogens is 540 g/mol. The molecule has 3 saturated heterocycles. The largest absolute Gasteiger partial charge is 0.509 e. The molecule has 3 aliphatic heterocycles. The van der Waals surface area contributed by atoms with Crippen LogP contribution in [0.25, 0.3) is 0 Å². The molecule has 3 N–H and O–H groups in total. The van der Waals surface area contributed by atoms with Gasteiger partial charge in [0.2, 0.25) is 18.3 Å². The Morgan fingerprint density at radius 2 is 1.15 bits per heavy atom. The van der Waals surface area contributed by atoms with Gasteiger partial charge in [0.25, 0.3) is 0 Å². The molecule has 5 atom stereocenters. The monoisotopic (exact) mass is 570 g/mol. The van der Waals surface area contributed by atoms with Crippen molar-refractivity contribution in [3.63, 3.8) is 0 Å². The minimum absolute atomic E-state index is 0.0939. The van der Waals surface area contributed by atoms with Crippen molar-refractivity contribution < 1.29 is 86.7 Å². The van der Waals surface area contributed by atoms with Crippen LogP contribution in [0.5, 0.6) is 0 Å². The third-order valence-electron chi connectivity index (χ3n) is 4.25. The first-order valence-corrected chi connectivity index (χ1v) is 11.4. The molecule has 0 radical (unpaired) electrons. The molecule has 3 fully saturated rings. The van der Waals surface area contributed by atoms with Crippen molar-refractivity contribution in [3.05, 3.63) is 0 Å². The van der Waals surface area contributed by atoms with Gasteiger partial charge in [-0.15, -0.1) is 0 Å². The number of aliphatic hydroxyl groups excluding tert-OH is 3. The van der Waals surface area contributed by atoms with Crippen LogP contribution in [0.3, 0.4) is 0 Å². The molecule has 0 aliphatic carbocycles. The second-order valence-corrected chi connectivity index (χ2v) is 7.56. The van der Waals surface area contributed by atoms with Gasteiger partial charge in [0.05, 0.1) is 18.8 Å². The zero-order valence-corrected chi connectivity index (χ0v) is 21.0. The molecule has 0 spiro atoms. The molecule has 39 heavy (non-hydrogen) atoms. The van der Waals surface area contributed by atoms with E-state index in [2.05, 4.69) is 42.6 Å². The van der Waals surface area contributed by atoms with E-state index in [4.69, 9.17) is 15.3 Å². The molecule has 3 rings (SSSR count). The van der Waals surface area contributed by atoms with Crippen LogP contribution >= 0.6 is 0 Å². The van der Waals surface area contributed by atoms with Crippen molar-refractivity contribution in [2.75, 3.05) is 46.2 Å². The summed E-state index contributed by atoms with van der Waals surface area (Å²) < 4.78 is 40.2. The van der Waals surface area contributed by atoms with E-state index in [0.29, 0.717) is 6.42 Å². The zero-order chi connectivity index (χ0) is 29.4. The van der Waals surface area contributed by atoms with Gasteiger partial charge < -0.3 is 58.0 Å². The Morgan fingerprint density at radius 3 is 1.46 bits per heavy atom. The first-order chi connectivity index (χ1) is 18.5. The van der Waals surface area contributed by atoms with Crippen molar-refractivity contribution in [2.24, 2.45) is 0 Å². The molecule has 18 nitrogen and oxygen atoms in total. The first-order valence-electron chi connectivity index (χ1n) is 11.4. The number of ether oxygens (including phenoxy) is 9. The fourth-order valence-electron chi connectivity index (χ4n) is 2.26. The summed E-state index contributed by atoms with van der Waals surface area (Å²) in [6.07, 6.45) is -6.52. The number of aliphatic hydroxyl groups is 3. The Bertz CT molecular complexity index is 841. The lowest BCUT2D eigenvalue weighted by Crippen LogP contribution is -2.28. The summed E-state index contributed by atoms with van der Waals surface area (Å²) in [5.41, 5.74) is 0. The van der Waals surface area contributed by atoms with E-state index in [1.807, 2.05) is 0 Å². The van der Waals surface area contributed by atoms with Crippen molar-refractivity contribution in [2.45, 2.75) is 50.8 Å². The van der Waals surface area contributed by atoms with Crippen LogP contribution < -0.4 is 0 Å². The van der Waals surface area contributed by atoms with Crippen LogP contribution in [0.1, 0.15) is 20.3 Å². The van der Waals surface area contributed by atoms with Crippen LogP contribution in [0, 0.1) is 0 Å². The molecule has 222 valence electrons. The minimum Gasteiger partial charge on any atom is -0.460 e. The van der Waals surface area contributed by atoms with Gasteiger partial charge in [-0.1, -0.05) is 6.92 Å². The summed E-state index contributed by atoms with van der Waals surface area (Å²) in [4.78, 5) is 64.2. The molecule has 0 saturated carbocycles. The number of hydrogen-bond acceptors (Lipinski definition) is 18. The molecule has 0 aromatic rings. The van der Waals surface area contributed by atoms with Gasteiger partial charge in [-0.25, -0.2) is 28.8 Å². The summed E-state index contributed by atoms with van der Waals surface area (Å²) >= 11 is 0. The van der Waals surface area contributed by atoms with Crippen LogP contribution in [-0.2, 0) is 57.0 Å². The third-order valence-corrected chi connectivity index (χ3v) is 4.25. The average molecular weight is 570 g/mol. The van der Waals surface area contributed by atoms with Crippen LogP contribution in [0.4, 0.5) is 14.4 Å². The molecular formula is C21H30O18. The van der Waals surface area contributed by atoms with Gasteiger partial charge in [0.15, 0.2) is 0 Å². The summed E-state index contributed by atoms with van der Waals surface area (Å²) in [6, 6.07) is 0. The highest BCUT2D eigenvalue weighted by molar-refractivity contribution is 5.80. The fourth-order valence-corrected chi connectivity index (χ4v) is 2.26. The molecule has 3 heterocycles. The van der Waals surface area contributed by atoms with E-state index >= 15 is 0 Å². The van der Waals surface area contributed by atoms with Crippen LogP contribution in [0.15, 0.2) is 0 Å². The minimum atomic E-state index is -0.994. The lowest BCUT2D eigenvalue weighted by atomic mass is 10.3. The van der Waals surface area contributed by atoms with Crippen molar-refractivity contribution in [1.82, 2.24) is 0 Å². The molecule has 5 unspecified atom stereocenters. The molecule has 18 heteroatoms. The summed E-state index contributed by atoms with van der Waals surface area (Å²) in [7, 11) is 0. The first kappa shape index (κ1) is 33.1. The van der Waals surface area contributed by atoms with Crippen LogP contribution in [0.2, 0.25) is 0 Å². The molecule has 3 aliphatic rings. The van der Waals surface area contributed by atoms with E-state index in [9.17, 15) is 28.8 Å².